The van der Waals surface area contributed by atoms with Gasteiger partial charge in [-0.1, -0.05) is 11.6 Å². The summed E-state index contributed by atoms with van der Waals surface area (Å²) in [5.74, 6) is -1.85. The molecular formula is C20H21N5O6S. The van der Waals surface area contributed by atoms with Gasteiger partial charge in [0.05, 0.1) is 18.9 Å². The zero-order valence-corrected chi connectivity index (χ0v) is 17.9. The lowest BCUT2D eigenvalue weighted by atomic mass is 10.00. The third-order valence-electron chi connectivity index (χ3n) is 5.14. The van der Waals surface area contributed by atoms with Crippen molar-refractivity contribution in [1.82, 2.24) is 19.1 Å². The molecule has 2 aromatic carbocycles. The van der Waals surface area contributed by atoms with Crippen molar-refractivity contribution >= 4 is 15.9 Å². The molecular weight excluding hydrogens is 438 g/mol. The Morgan fingerprint density at radius 2 is 1.81 bits per heavy atom. The molecule has 2 heterocycles. The highest BCUT2D eigenvalue weighted by molar-refractivity contribution is 7.89. The Balaban J connectivity index is 1.92. The number of ether oxygens (including phenoxy) is 1. The summed E-state index contributed by atoms with van der Waals surface area (Å²) < 4.78 is 34.1. The van der Waals surface area contributed by atoms with Crippen LogP contribution < -0.4 is 5.73 Å². The fraction of sp³-hybridized carbons (Fsp3) is 0.250. The Morgan fingerprint density at radius 3 is 2.50 bits per heavy atom. The molecule has 11 nitrogen and oxygen atoms in total. The van der Waals surface area contributed by atoms with Crippen LogP contribution in [-0.2, 0) is 14.8 Å². The Morgan fingerprint density at radius 1 is 1.09 bits per heavy atom. The molecule has 1 aromatic heterocycles. The second kappa shape index (κ2) is 8.22. The lowest BCUT2D eigenvalue weighted by Crippen LogP contribution is -2.40. The van der Waals surface area contributed by atoms with Crippen molar-refractivity contribution in [3.05, 3.63) is 48.0 Å². The standard InChI is InChI=1S/C20H21N5O6S/c1-12-2-3-15(25-11-22-23-20(25)19(21)28)13(8-12)14-9-18(17(27)10-16(14)26)32(29,30)24-4-6-31-7-5-24/h2-3,8-11,26-27H,4-7H2,1H3,(H2,21,28). The molecule has 0 radical (unpaired) electrons. The summed E-state index contributed by atoms with van der Waals surface area (Å²) in [4.78, 5) is 11.4. The summed E-state index contributed by atoms with van der Waals surface area (Å²) in [6.45, 7) is 2.61. The van der Waals surface area contributed by atoms with E-state index in [-0.39, 0.29) is 48.3 Å². The number of carbonyl (C=O) groups is 1. The maximum Gasteiger partial charge on any atom is 0.287 e. The fourth-order valence-electron chi connectivity index (χ4n) is 3.56. The fourth-order valence-corrected chi connectivity index (χ4v) is 5.06. The summed E-state index contributed by atoms with van der Waals surface area (Å²) in [6.07, 6.45) is 1.29. The maximum atomic E-state index is 13.2. The van der Waals surface area contributed by atoms with Crippen LogP contribution in [0.15, 0.2) is 41.6 Å². The van der Waals surface area contributed by atoms with E-state index >= 15 is 0 Å². The van der Waals surface area contributed by atoms with Gasteiger partial charge in [-0.2, -0.15) is 4.31 Å². The molecule has 0 atom stereocenters. The number of rotatable bonds is 5. The van der Waals surface area contributed by atoms with Crippen molar-refractivity contribution in [2.45, 2.75) is 11.8 Å². The summed E-state index contributed by atoms with van der Waals surface area (Å²) in [5, 5.41) is 28.4. The number of sulfonamides is 1. The van der Waals surface area contributed by atoms with Gasteiger partial charge < -0.3 is 20.7 Å². The monoisotopic (exact) mass is 459 g/mol. The summed E-state index contributed by atoms with van der Waals surface area (Å²) >= 11 is 0. The van der Waals surface area contributed by atoms with Crippen LogP contribution >= 0.6 is 0 Å². The number of aromatic nitrogens is 3. The van der Waals surface area contributed by atoms with E-state index in [4.69, 9.17) is 10.5 Å². The number of hydrogen-bond donors (Lipinski definition) is 3. The summed E-state index contributed by atoms with van der Waals surface area (Å²) in [5.41, 5.74) is 7.12. The van der Waals surface area contributed by atoms with Crippen molar-refractivity contribution in [1.29, 1.82) is 0 Å². The molecule has 3 aromatic rings. The molecule has 0 saturated carbocycles. The number of aromatic hydroxyl groups is 2. The lowest BCUT2D eigenvalue weighted by Gasteiger charge is -2.26. The average Bonchev–Trinajstić information content (AvgIpc) is 3.24. The van der Waals surface area contributed by atoms with Gasteiger partial charge in [0.2, 0.25) is 15.8 Å². The van der Waals surface area contributed by atoms with Crippen molar-refractivity contribution in [2.75, 3.05) is 26.3 Å². The molecule has 32 heavy (non-hydrogen) atoms. The Bertz CT molecular complexity index is 1300. The van der Waals surface area contributed by atoms with Gasteiger partial charge in [-0.25, -0.2) is 8.42 Å². The van der Waals surface area contributed by atoms with Gasteiger partial charge in [0.1, 0.15) is 22.7 Å². The number of morpholine rings is 1. The van der Waals surface area contributed by atoms with Crippen LogP contribution in [0, 0.1) is 6.92 Å². The van der Waals surface area contributed by atoms with Crippen LogP contribution in [0.25, 0.3) is 16.8 Å². The van der Waals surface area contributed by atoms with Gasteiger partial charge in [-0.3, -0.25) is 9.36 Å². The topological polar surface area (TPSA) is 161 Å². The number of primary amides is 1. The first kappa shape index (κ1) is 21.7. The van der Waals surface area contributed by atoms with Gasteiger partial charge in [-0.05, 0) is 25.1 Å². The van der Waals surface area contributed by atoms with Crippen molar-refractivity contribution in [2.24, 2.45) is 5.73 Å². The minimum Gasteiger partial charge on any atom is -0.507 e. The minimum absolute atomic E-state index is 0.130. The smallest absolute Gasteiger partial charge is 0.287 e. The van der Waals surface area contributed by atoms with Crippen molar-refractivity contribution < 1.29 is 28.2 Å². The van der Waals surface area contributed by atoms with Gasteiger partial charge in [0.15, 0.2) is 0 Å². The summed E-state index contributed by atoms with van der Waals surface area (Å²) in [6, 6.07) is 7.34. The molecule has 1 fully saturated rings. The zero-order valence-electron chi connectivity index (χ0n) is 17.1. The molecule has 1 aliphatic heterocycles. The number of hydrogen-bond acceptors (Lipinski definition) is 8. The van der Waals surface area contributed by atoms with Crippen LogP contribution in [-0.4, -0.2) is 69.9 Å². The first-order chi connectivity index (χ1) is 15.2. The number of phenols is 2. The number of nitrogens with zero attached hydrogens (tertiary/aromatic N) is 4. The molecule has 1 aliphatic rings. The highest BCUT2D eigenvalue weighted by Crippen LogP contribution is 2.40. The third-order valence-corrected chi connectivity index (χ3v) is 7.06. The molecule has 1 amide bonds. The largest absolute Gasteiger partial charge is 0.507 e. The van der Waals surface area contributed by atoms with E-state index in [0.717, 1.165) is 11.6 Å². The van der Waals surface area contributed by atoms with Gasteiger partial charge in [-0.15, -0.1) is 10.2 Å². The predicted octanol–water partition coefficient (Wildman–Crippen LogP) is 0.774. The molecule has 1 saturated heterocycles. The average molecular weight is 459 g/mol. The summed E-state index contributed by atoms with van der Waals surface area (Å²) in [7, 11) is -4.05. The number of aryl methyl sites for hydroxylation is 1. The molecule has 0 spiro atoms. The Labute approximate surface area is 183 Å². The molecule has 12 heteroatoms. The molecule has 4 rings (SSSR count). The highest BCUT2D eigenvalue weighted by atomic mass is 32.2. The number of benzene rings is 2. The van der Waals surface area contributed by atoms with E-state index < -0.39 is 21.7 Å². The predicted molar refractivity (Wildman–Crippen MR) is 113 cm³/mol. The van der Waals surface area contributed by atoms with E-state index in [1.54, 1.807) is 18.2 Å². The Hall–Kier alpha value is -3.48. The lowest BCUT2D eigenvalue weighted by molar-refractivity contribution is 0.0729. The normalized spacial score (nSPS) is 15.0. The van der Waals surface area contributed by atoms with Crippen LogP contribution in [0.1, 0.15) is 16.2 Å². The van der Waals surface area contributed by atoms with E-state index in [1.165, 1.54) is 21.3 Å². The Kier molecular flexibility index (Phi) is 5.59. The first-order valence-corrected chi connectivity index (χ1v) is 11.1. The number of phenolic OH excluding ortho intramolecular Hbond substituents is 2. The van der Waals surface area contributed by atoms with Gasteiger partial charge >= 0.3 is 0 Å². The number of carbonyl (C=O) groups excluding carboxylic acids is 1. The highest BCUT2D eigenvalue weighted by Gasteiger charge is 2.30. The molecule has 4 N–H and O–H groups in total. The molecule has 0 aliphatic carbocycles. The SMILES string of the molecule is Cc1ccc(-n2cnnc2C(N)=O)c(-c2cc(S(=O)(=O)N3CCOCC3)c(O)cc2O)c1. The van der Waals surface area contributed by atoms with Crippen LogP contribution in [0.2, 0.25) is 0 Å². The minimum atomic E-state index is -4.05. The van der Waals surface area contributed by atoms with Crippen molar-refractivity contribution in [3.8, 4) is 28.3 Å². The molecule has 0 bridgehead atoms. The molecule has 168 valence electrons. The first-order valence-electron chi connectivity index (χ1n) is 9.65. The van der Waals surface area contributed by atoms with Crippen LogP contribution in [0.3, 0.4) is 0 Å². The van der Waals surface area contributed by atoms with E-state index in [1.807, 2.05) is 6.92 Å². The van der Waals surface area contributed by atoms with Gasteiger partial charge in [0, 0.05) is 30.3 Å². The zero-order chi connectivity index (χ0) is 23.0. The van der Waals surface area contributed by atoms with Gasteiger partial charge in [0.25, 0.3) is 5.91 Å². The molecule has 0 unspecified atom stereocenters. The van der Waals surface area contributed by atoms with Crippen molar-refractivity contribution in [3.63, 3.8) is 0 Å². The second-order valence-electron chi connectivity index (χ2n) is 7.26. The quantitative estimate of drug-likeness (QED) is 0.504. The third kappa shape index (κ3) is 3.79. The van der Waals surface area contributed by atoms with E-state index in [2.05, 4.69) is 10.2 Å². The van der Waals surface area contributed by atoms with E-state index in [9.17, 15) is 23.4 Å². The van der Waals surface area contributed by atoms with E-state index in [0.29, 0.717) is 11.3 Å². The van der Waals surface area contributed by atoms with Crippen LogP contribution in [0.5, 0.6) is 11.5 Å². The number of amides is 1. The maximum absolute atomic E-state index is 13.2. The van der Waals surface area contributed by atoms with Crippen LogP contribution in [0.4, 0.5) is 0 Å². The number of nitrogens with two attached hydrogens (primary N) is 1. The second-order valence-corrected chi connectivity index (χ2v) is 9.17.